The summed E-state index contributed by atoms with van der Waals surface area (Å²) in [6.07, 6.45) is 0.712. The van der Waals surface area contributed by atoms with Crippen molar-refractivity contribution >= 4 is 11.8 Å². The van der Waals surface area contributed by atoms with Gasteiger partial charge in [-0.25, -0.2) is 9.18 Å². The van der Waals surface area contributed by atoms with Gasteiger partial charge < -0.3 is 9.47 Å². The lowest BCUT2D eigenvalue weighted by Gasteiger charge is -2.09. The highest BCUT2D eigenvalue weighted by atomic mass is 19.1. The number of nitrogens with one attached hydrogen (secondary N) is 1. The number of halogens is 1. The van der Waals surface area contributed by atoms with Crippen molar-refractivity contribution in [3.05, 3.63) is 42.2 Å². The van der Waals surface area contributed by atoms with Gasteiger partial charge in [-0.05, 0) is 13.0 Å². The van der Waals surface area contributed by atoms with Crippen LogP contribution in [0.4, 0.5) is 14.9 Å². The predicted molar refractivity (Wildman–Crippen MR) is 66.9 cm³/mol. The number of carbonyl (C=O) groups is 1. The number of hydrogen-bond acceptors (Lipinski definition) is 3. The number of benzene rings is 1. The van der Waals surface area contributed by atoms with Crippen LogP contribution in [0.2, 0.25) is 0 Å². The van der Waals surface area contributed by atoms with E-state index in [-0.39, 0.29) is 18.9 Å². The topological polar surface area (TPSA) is 47.6 Å². The van der Waals surface area contributed by atoms with Crippen LogP contribution < -0.4 is 5.32 Å². The monoisotopic (exact) mass is 253 g/mol. The molecule has 0 heterocycles. The van der Waals surface area contributed by atoms with E-state index in [0.717, 1.165) is 0 Å². The second kappa shape index (κ2) is 7.45. The molecule has 0 aliphatic carbocycles. The van der Waals surface area contributed by atoms with Crippen molar-refractivity contribution < 1.29 is 18.7 Å². The number of amides is 1. The Hall–Kier alpha value is -1.88. The molecule has 5 heteroatoms. The first-order valence-electron chi connectivity index (χ1n) is 5.58. The van der Waals surface area contributed by atoms with E-state index in [9.17, 15) is 9.18 Å². The predicted octanol–water partition coefficient (Wildman–Crippen LogP) is 3.10. The van der Waals surface area contributed by atoms with Crippen LogP contribution in [0.1, 0.15) is 12.5 Å². The summed E-state index contributed by atoms with van der Waals surface area (Å²) in [6.45, 7) is 5.98. The van der Waals surface area contributed by atoms with Crippen molar-refractivity contribution in [2.75, 3.05) is 18.5 Å². The van der Waals surface area contributed by atoms with E-state index < -0.39 is 11.9 Å². The van der Waals surface area contributed by atoms with Gasteiger partial charge in [0.1, 0.15) is 6.61 Å². The Morgan fingerprint density at radius 3 is 3.00 bits per heavy atom. The minimum atomic E-state index is -0.720. The summed E-state index contributed by atoms with van der Waals surface area (Å²) in [7, 11) is 0. The highest BCUT2D eigenvalue weighted by Crippen LogP contribution is 2.19. The van der Waals surface area contributed by atoms with Crippen LogP contribution >= 0.6 is 0 Å². The van der Waals surface area contributed by atoms with Crippen molar-refractivity contribution in [2.45, 2.75) is 13.5 Å². The molecule has 0 aromatic heterocycles. The second-order valence-corrected chi connectivity index (χ2v) is 3.43. The van der Waals surface area contributed by atoms with Crippen LogP contribution in [0.5, 0.6) is 0 Å². The summed E-state index contributed by atoms with van der Waals surface area (Å²) in [5.74, 6) is -0.512. The van der Waals surface area contributed by atoms with Crippen molar-refractivity contribution in [3.8, 4) is 0 Å². The van der Waals surface area contributed by atoms with Gasteiger partial charge in [0, 0.05) is 12.2 Å². The van der Waals surface area contributed by atoms with E-state index in [1.54, 1.807) is 12.1 Å². The SMILES string of the molecule is C=CCOC(=O)Nc1cccc(COCC)c1F. The summed E-state index contributed by atoms with van der Waals surface area (Å²) in [5, 5.41) is 2.32. The lowest BCUT2D eigenvalue weighted by atomic mass is 10.2. The van der Waals surface area contributed by atoms with Gasteiger partial charge in [-0.15, -0.1) is 0 Å². The maximum absolute atomic E-state index is 13.9. The summed E-state index contributed by atoms with van der Waals surface area (Å²) in [5.41, 5.74) is 0.458. The number of carbonyl (C=O) groups excluding carboxylic acids is 1. The molecule has 0 atom stereocenters. The molecule has 1 aromatic rings. The lowest BCUT2D eigenvalue weighted by Crippen LogP contribution is -2.15. The standard InChI is InChI=1S/C13H16FNO3/c1-3-8-18-13(16)15-11-7-5-6-10(12(11)14)9-17-4-2/h3,5-7H,1,4,8-9H2,2H3,(H,15,16). The third kappa shape index (κ3) is 4.18. The molecule has 1 amide bonds. The maximum atomic E-state index is 13.9. The first-order chi connectivity index (χ1) is 8.69. The first-order valence-corrected chi connectivity index (χ1v) is 5.58. The van der Waals surface area contributed by atoms with Crippen LogP contribution in [-0.4, -0.2) is 19.3 Å². The molecule has 0 saturated heterocycles. The quantitative estimate of drug-likeness (QED) is 0.792. The van der Waals surface area contributed by atoms with E-state index in [1.807, 2.05) is 6.92 Å². The molecule has 1 aromatic carbocycles. The smallest absolute Gasteiger partial charge is 0.412 e. The van der Waals surface area contributed by atoms with E-state index in [1.165, 1.54) is 12.1 Å². The third-order valence-electron chi connectivity index (χ3n) is 2.11. The van der Waals surface area contributed by atoms with Crippen molar-refractivity contribution in [3.63, 3.8) is 0 Å². The third-order valence-corrected chi connectivity index (χ3v) is 2.11. The highest BCUT2D eigenvalue weighted by molar-refractivity contribution is 5.84. The maximum Gasteiger partial charge on any atom is 0.412 e. The van der Waals surface area contributed by atoms with Gasteiger partial charge in [0.25, 0.3) is 0 Å². The molecule has 98 valence electrons. The molecule has 1 N–H and O–H groups in total. The normalized spacial score (nSPS) is 9.89. The fourth-order valence-electron chi connectivity index (χ4n) is 1.28. The Bertz CT molecular complexity index is 421. The average Bonchev–Trinajstić information content (AvgIpc) is 2.37. The van der Waals surface area contributed by atoms with Crippen LogP contribution in [0, 0.1) is 5.82 Å². The van der Waals surface area contributed by atoms with Gasteiger partial charge in [0.2, 0.25) is 0 Å². The largest absolute Gasteiger partial charge is 0.445 e. The molecule has 18 heavy (non-hydrogen) atoms. The van der Waals surface area contributed by atoms with Gasteiger partial charge >= 0.3 is 6.09 Å². The second-order valence-electron chi connectivity index (χ2n) is 3.43. The van der Waals surface area contributed by atoms with Gasteiger partial charge in [0.05, 0.1) is 12.3 Å². The fourth-order valence-corrected chi connectivity index (χ4v) is 1.28. The minimum absolute atomic E-state index is 0.0706. The van der Waals surface area contributed by atoms with E-state index in [4.69, 9.17) is 9.47 Å². The molecule has 0 saturated carbocycles. The lowest BCUT2D eigenvalue weighted by molar-refractivity contribution is 0.131. The summed E-state index contributed by atoms with van der Waals surface area (Å²) >= 11 is 0. The van der Waals surface area contributed by atoms with E-state index in [2.05, 4.69) is 11.9 Å². The Morgan fingerprint density at radius 1 is 1.56 bits per heavy atom. The van der Waals surface area contributed by atoms with Crippen molar-refractivity contribution in [2.24, 2.45) is 0 Å². The Balaban J connectivity index is 2.70. The minimum Gasteiger partial charge on any atom is -0.445 e. The molecule has 0 fully saturated rings. The molecule has 0 radical (unpaired) electrons. The summed E-state index contributed by atoms with van der Waals surface area (Å²) in [6, 6.07) is 4.70. The molecule has 0 unspecified atom stereocenters. The van der Waals surface area contributed by atoms with E-state index >= 15 is 0 Å². The molecule has 0 aliphatic heterocycles. The highest BCUT2D eigenvalue weighted by Gasteiger charge is 2.11. The van der Waals surface area contributed by atoms with Crippen molar-refractivity contribution in [1.82, 2.24) is 0 Å². The molecule has 0 spiro atoms. The Morgan fingerprint density at radius 2 is 2.33 bits per heavy atom. The van der Waals surface area contributed by atoms with Gasteiger partial charge in [-0.2, -0.15) is 0 Å². The Kier molecular flexibility index (Phi) is 5.87. The first kappa shape index (κ1) is 14.2. The van der Waals surface area contributed by atoms with Crippen LogP contribution in [-0.2, 0) is 16.1 Å². The number of ether oxygens (including phenoxy) is 2. The van der Waals surface area contributed by atoms with Gasteiger partial charge in [-0.3, -0.25) is 5.32 Å². The molecule has 1 rings (SSSR count). The zero-order valence-electron chi connectivity index (χ0n) is 10.2. The molecular formula is C13H16FNO3. The molecule has 4 nitrogen and oxygen atoms in total. The average molecular weight is 253 g/mol. The number of rotatable bonds is 6. The number of anilines is 1. The fraction of sp³-hybridized carbons (Fsp3) is 0.308. The molecule has 0 bridgehead atoms. The number of hydrogen-bond donors (Lipinski definition) is 1. The molecule has 0 aliphatic rings. The van der Waals surface area contributed by atoms with E-state index in [0.29, 0.717) is 12.2 Å². The van der Waals surface area contributed by atoms with Gasteiger partial charge in [-0.1, -0.05) is 24.8 Å². The van der Waals surface area contributed by atoms with Crippen molar-refractivity contribution in [1.29, 1.82) is 0 Å². The van der Waals surface area contributed by atoms with Crippen LogP contribution in [0.3, 0.4) is 0 Å². The Labute approximate surface area is 105 Å². The van der Waals surface area contributed by atoms with Crippen LogP contribution in [0.25, 0.3) is 0 Å². The zero-order chi connectivity index (χ0) is 13.4. The summed E-state index contributed by atoms with van der Waals surface area (Å²) in [4.78, 5) is 11.3. The molecular weight excluding hydrogens is 237 g/mol. The van der Waals surface area contributed by atoms with Gasteiger partial charge in [0.15, 0.2) is 5.82 Å². The van der Waals surface area contributed by atoms with Crippen LogP contribution in [0.15, 0.2) is 30.9 Å². The zero-order valence-corrected chi connectivity index (χ0v) is 10.2. The summed E-state index contributed by atoms with van der Waals surface area (Å²) < 4.78 is 23.7.